The van der Waals surface area contributed by atoms with Gasteiger partial charge in [-0.2, -0.15) is 5.26 Å². The molecular formula is C12H12N6O2. The topological polar surface area (TPSA) is 121 Å². The maximum absolute atomic E-state index is 11.0. The third-order valence-corrected chi connectivity index (χ3v) is 2.66. The zero-order chi connectivity index (χ0) is 14.4. The monoisotopic (exact) mass is 272 g/mol. The van der Waals surface area contributed by atoms with Gasteiger partial charge in [0.05, 0.1) is 4.92 Å². The van der Waals surface area contributed by atoms with Crippen molar-refractivity contribution in [1.82, 2.24) is 15.0 Å². The van der Waals surface area contributed by atoms with Gasteiger partial charge in [0.2, 0.25) is 5.82 Å². The fourth-order valence-corrected chi connectivity index (χ4v) is 1.76. The van der Waals surface area contributed by atoms with Crippen molar-refractivity contribution in [3.05, 3.63) is 46.2 Å². The van der Waals surface area contributed by atoms with Crippen molar-refractivity contribution >= 4 is 11.5 Å². The molecule has 2 rings (SSSR count). The Morgan fingerprint density at radius 3 is 2.95 bits per heavy atom. The van der Waals surface area contributed by atoms with Crippen molar-refractivity contribution < 1.29 is 4.92 Å². The Bertz CT molecular complexity index is 632. The van der Waals surface area contributed by atoms with Crippen LogP contribution in [-0.2, 0) is 6.42 Å². The minimum Gasteiger partial charge on any atom is -0.364 e. The lowest BCUT2D eigenvalue weighted by Gasteiger charge is -2.06. The molecule has 2 aromatic rings. The molecule has 0 saturated heterocycles. The number of aryl methyl sites for hydroxylation is 1. The Kier molecular flexibility index (Phi) is 4.24. The summed E-state index contributed by atoms with van der Waals surface area (Å²) in [5.74, 6) is 0.980. The van der Waals surface area contributed by atoms with E-state index in [4.69, 9.17) is 5.26 Å². The molecular weight excluding hydrogens is 260 g/mol. The van der Waals surface area contributed by atoms with Gasteiger partial charge in [-0.3, -0.25) is 10.1 Å². The molecule has 0 aliphatic rings. The van der Waals surface area contributed by atoms with Crippen molar-refractivity contribution in [1.29, 1.82) is 5.26 Å². The van der Waals surface area contributed by atoms with Gasteiger partial charge in [-0.15, -0.1) is 0 Å². The normalized spacial score (nSPS) is 9.95. The van der Waals surface area contributed by atoms with Crippen LogP contribution >= 0.6 is 0 Å². The van der Waals surface area contributed by atoms with E-state index in [2.05, 4.69) is 20.3 Å². The van der Waals surface area contributed by atoms with Crippen LogP contribution in [0.4, 0.5) is 11.5 Å². The fraction of sp³-hybridized carbons (Fsp3) is 0.250. The van der Waals surface area contributed by atoms with Crippen molar-refractivity contribution in [2.75, 3.05) is 11.9 Å². The first-order chi connectivity index (χ1) is 9.72. The number of H-pyrrole nitrogens is 1. The highest BCUT2D eigenvalue weighted by Gasteiger charge is 2.20. The summed E-state index contributed by atoms with van der Waals surface area (Å²) in [5, 5.41) is 22.7. The van der Waals surface area contributed by atoms with E-state index < -0.39 is 4.92 Å². The number of nitro groups is 1. The quantitative estimate of drug-likeness (QED) is 0.468. The standard InChI is InChI=1S/C12H12N6O2/c13-8-9-3-5-17-12(11(9)18(19)20)16-4-1-2-10-14-6-7-15-10/h3,5-7H,1-2,4H2,(H,14,15)(H,16,17). The molecule has 0 aromatic carbocycles. The maximum Gasteiger partial charge on any atom is 0.328 e. The average Bonchev–Trinajstić information content (AvgIpc) is 2.96. The molecule has 0 aliphatic carbocycles. The van der Waals surface area contributed by atoms with Gasteiger partial charge < -0.3 is 10.3 Å². The average molecular weight is 272 g/mol. The molecule has 0 radical (unpaired) electrons. The van der Waals surface area contributed by atoms with Crippen LogP contribution in [0.5, 0.6) is 0 Å². The van der Waals surface area contributed by atoms with Gasteiger partial charge in [0.25, 0.3) is 0 Å². The van der Waals surface area contributed by atoms with Crippen molar-refractivity contribution in [2.24, 2.45) is 0 Å². The molecule has 102 valence electrons. The summed E-state index contributed by atoms with van der Waals surface area (Å²) in [5.41, 5.74) is -0.286. The molecule has 0 saturated carbocycles. The Hall–Kier alpha value is -2.95. The Labute approximate surface area is 114 Å². The van der Waals surface area contributed by atoms with Gasteiger partial charge in [-0.25, -0.2) is 9.97 Å². The molecule has 0 bridgehead atoms. The van der Waals surface area contributed by atoms with Crippen LogP contribution in [0.25, 0.3) is 0 Å². The molecule has 8 nitrogen and oxygen atoms in total. The second-order valence-electron chi connectivity index (χ2n) is 3.99. The predicted molar refractivity (Wildman–Crippen MR) is 71.0 cm³/mol. The third kappa shape index (κ3) is 3.08. The number of nitrogens with one attached hydrogen (secondary N) is 2. The van der Waals surface area contributed by atoms with Crippen LogP contribution < -0.4 is 5.32 Å². The molecule has 20 heavy (non-hydrogen) atoms. The lowest BCUT2D eigenvalue weighted by molar-refractivity contribution is -0.384. The lowest BCUT2D eigenvalue weighted by atomic mass is 10.2. The Morgan fingerprint density at radius 2 is 2.30 bits per heavy atom. The summed E-state index contributed by atoms with van der Waals surface area (Å²) < 4.78 is 0. The van der Waals surface area contributed by atoms with E-state index >= 15 is 0 Å². The van der Waals surface area contributed by atoms with Gasteiger partial charge in [-0.05, 0) is 12.5 Å². The number of hydrogen-bond acceptors (Lipinski definition) is 6. The largest absolute Gasteiger partial charge is 0.364 e. The highest BCUT2D eigenvalue weighted by atomic mass is 16.6. The van der Waals surface area contributed by atoms with Gasteiger partial charge in [0.15, 0.2) is 0 Å². The Morgan fingerprint density at radius 1 is 1.45 bits per heavy atom. The van der Waals surface area contributed by atoms with Gasteiger partial charge >= 0.3 is 5.69 Å². The molecule has 2 heterocycles. The summed E-state index contributed by atoms with van der Waals surface area (Å²) >= 11 is 0. The number of nitrogens with zero attached hydrogens (tertiary/aromatic N) is 4. The highest BCUT2D eigenvalue weighted by molar-refractivity contribution is 5.63. The molecule has 0 spiro atoms. The minimum absolute atomic E-state index is 0.00136. The number of pyridine rings is 1. The number of aromatic amines is 1. The number of rotatable bonds is 6. The second-order valence-corrected chi connectivity index (χ2v) is 3.99. The van der Waals surface area contributed by atoms with E-state index in [1.54, 1.807) is 18.5 Å². The fourth-order valence-electron chi connectivity index (χ4n) is 1.76. The third-order valence-electron chi connectivity index (χ3n) is 2.66. The lowest BCUT2D eigenvalue weighted by Crippen LogP contribution is -2.08. The van der Waals surface area contributed by atoms with Crippen molar-refractivity contribution in [2.45, 2.75) is 12.8 Å². The van der Waals surface area contributed by atoms with Crippen LogP contribution in [0.1, 0.15) is 17.8 Å². The van der Waals surface area contributed by atoms with Crippen LogP contribution in [0.2, 0.25) is 0 Å². The zero-order valence-corrected chi connectivity index (χ0v) is 10.5. The second kappa shape index (κ2) is 6.29. The van der Waals surface area contributed by atoms with Crippen molar-refractivity contribution in [3.63, 3.8) is 0 Å². The molecule has 0 unspecified atom stereocenters. The van der Waals surface area contributed by atoms with E-state index in [0.29, 0.717) is 6.54 Å². The van der Waals surface area contributed by atoms with Crippen LogP contribution in [0, 0.1) is 21.4 Å². The molecule has 0 atom stereocenters. The summed E-state index contributed by atoms with van der Waals surface area (Å²) in [4.78, 5) is 21.4. The number of nitriles is 1. The molecule has 0 fully saturated rings. The van der Waals surface area contributed by atoms with E-state index in [1.165, 1.54) is 12.3 Å². The molecule has 2 aromatic heterocycles. The Balaban J connectivity index is 1.99. The number of imidazole rings is 1. The minimum atomic E-state index is -0.597. The number of anilines is 1. The van der Waals surface area contributed by atoms with Crippen molar-refractivity contribution in [3.8, 4) is 6.07 Å². The molecule has 0 amide bonds. The summed E-state index contributed by atoms with van der Waals surface area (Å²) in [6.45, 7) is 0.503. The highest BCUT2D eigenvalue weighted by Crippen LogP contribution is 2.25. The summed E-state index contributed by atoms with van der Waals surface area (Å²) in [6, 6.07) is 3.12. The molecule has 8 heteroatoms. The van der Waals surface area contributed by atoms with Gasteiger partial charge in [0, 0.05) is 31.6 Å². The number of hydrogen-bond donors (Lipinski definition) is 2. The predicted octanol–water partition coefficient (Wildman–Crippen LogP) is 1.63. The van der Waals surface area contributed by atoms with Crippen LogP contribution in [-0.4, -0.2) is 26.4 Å². The van der Waals surface area contributed by atoms with Crippen LogP contribution in [0.3, 0.4) is 0 Å². The SMILES string of the molecule is N#Cc1ccnc(NCCCc2ncc[nH]2)c1[N+](=O)[O-]. The smallest absolute Gasteiger partial charge is 0.328 e. The zero-order valence-electron chi connectivity index (χ0n) is 10.5. The van der Waals surface area contributed by atoms with E-state index in [1.807, 2.05) is 0 Å². The van der Waals surface area contributed by atoms with Gasteiger partial charge in [0.1, 0.15) is 17.5 Å². The van der Waals surface area contributed by atoms with E-state index in [-0.39, 0.29) is 17.1 Å². The summed E-state index contributed by atoms with van der Waals surface area (Å²) in [7, 11) is 0. The van der Waals surface area contributed by atoms with E-state index in [0.717, 1.165) is 18.7 Å². The van der Waals surface area contributed by atoms with Crippen LogP contribution in [0.15, 0.2) is 24.7 Å². The summed E-state index contributed by atoms with van der Waals surface area (Å²) in [6.07, 6.45) is 6.26. The molecule has 2 N–H and O–H groups in total. The first-order valence-electron chi connectivity index (χ1n) is 5.98. The van der Waals surface area contributed by atoms with Gasteiger partial charge in [-0.1, -0.05) is 0 Å². The molecule has 0 aliphatic heterocycles. The first-order valence-corrected chi connectivity index (χ1v) is 5.98. The first kappa shape index (κ1) is 13.5. The maximum atomic E-state index is 11.0. The number of aromatic nitrogens is 3. The van der Waals surface area contributed by atoms with E-state index in [9.17, 15) is 10.1 Å².